The number of carbonyl (C=O) groups excluding carboxylic acids is 1. The van der Waals surface area contributed by atoms with E-state index >= 15 is 0 Å². The summed E-state index contributed by atoms with van der Waals surface area (Å²) < 4.78 is 13.5. The number of benzene rings is 1. The third-order valence-electron chi connectivity index (χ3n) is 3.83. The molecule has 0 N–H and O–H groups in total. The zero-order chi connectivity index (χ0) is 13.8. The zero-order valence-electron chi connectivity index (χ0n) is 11.6. The Morgan fingerprint density at radius 2 is 1.95 bits per heavy atom. The molecule has 0 atom stereocenters. The van der Waals surface area contributed by atoms with Crippen LogP contribution in [0.3, 0.4) is 0 Å². The van der Waals surface area contributed by atoms with E-state index in [4.69, 9.17) is 0 Å². The van der Waals surface area contributed by atoms with Crippen LogP contribution in [0.15, 0.2) is 24.3 Å². The lowest BCUT2D eigenvalue weighted by molar-refractivity contribution is 0.0870. The molecule has 0 radical (unpaired) electrons. The molecule has 4 heteroatoms. The maximum Gasteiger partial charge on any atom is 0.179 e. The van der Waals surface area contributed by atoms with Crippen LogP contribution in [0, 0.1) is 5.82 Å². The highest BCUT2D eigenvalue weighted by Gasteiger charge is 2.23. The van der Waals surface area contributed by atoms with Gasteiger partial charge in [-0.2, -0.15) is 0 Å². The first-order valence-electron chi connectivity index (χ1n) is 6.74. The number of halogens is 1. The van der Waals surface area contributed by atoms with Crippen molar-refractivity contribution in [3.63, 3.8) is 0 Å². The van der Waals surface area contributed by atoms with Crippen molar-refractivity contribution in [3.05, 3.63) is 35.6 Å². The molecule has 0 aromatic heterocycles. The summed E-state index contributed by atoms with van der Waals surface area (Å²) in [5, 5.41) is 0. The lowest BCUT2D eigenvalue weighted by Gasteiger charge is -2.34. The van der Waals surface area contributed by atoms with Gasteiger partial charge in [0.15, 0.2) is 5.78 Å². The summed E-state index contributed by atoms with van der Waals surface area (Å²) in [5.41, 5.74) is 0.206. The molecule has 2 rings (SSSR count). The van der Waals surface area contributed by atoms with E-state index in [1.54, 1.807) is 18.2 Å². The molecule has 19 heavy (non-hydrogen) atoms. The smallest absolute Gasteiger partial charge is 0.179 e. The second-order valence-corrected chi connectivity index (χ2v) is 5.37. The van der Waals surface area contributed by atoms with Gasteiger partial charge < -0.3 is 4.90 Å². The Bertz CT molecular complexity index is 440. The first kappa shape index (κ1) is 14.2. The molecule has 1 saturated heterocycles. The van der Waals surface area contributed by atoms with Gasteiger partial charge in [0.2, 0.25) is 0 Å². The number of hydrogen-bond donors (Lipinski definition) is 0. The van der Waals surface area contributed by atoms with E-state index in [0.29, 0.717) is 12.6 Å². The van der Waals surface area contributed by atoms with Crippen LogP contribution in [0.5, 0.6) is 0 Å². The molecule has 1 aromatic carbocycles. The molecule has 0 spiro atoms. The average Bonchev–Trinajstić information content (AvgIpc) is 2.39. The Balaban J connectivity index is 1.89. The Morgan fingerprint density at radius 3 is 2.53 bits per heavy atom. The van der Waals surface area contributed by atoms with Crippen LogP contribution in [-0.4, -0.2) is 55.4 Å². The second kappa shape index (κ2) is 6.26. The quantitative estimate of drug-likeness (QED) is 0.778. The number of hydrogen-bond acceptors (Lipinski definition) is 3. The Kier molecular flexibility index (Phi) is 4.66. The van der Waals surface area contributed by atoms with Crippen LogP contribution >= 0.6 is 0 Å². The standard InChI is InChI=1S/C15H21FN2O/c1-17(2)12-7-9-18(10-8-12)11-15(19)13-5-3-4-6-14(13)16/h3-6,12H,7-11H2,1-2H3. The fourth-order valence-electron chi connectivity index (χ4n) is 2.57. The van der Waals surface area contributed by atoms with Crippen molar-refractivity contribution in [1.82, 2.24) is 9.80 Å². The zero-order valence-corrected chi connectivity index (χ0v) is 11.6. The van der Waals surface area contributed by atoms with E-state index in [1.807, 2.05) is 0 Å². The summed E-state index contributed by atoms with van der Waals surface area (Å²) in [6, 6.07) is 6.80. The molecule has 3 nitrogen and oxygen atoms in total. The third-order valence-corrected chi connectivity index (χ3v) is 3.83. The molecule has 104 valence electrons. The molecule has 0 aliphatic carbocycles. The largest absolute Gasteiger partial charge is 0.306 e. The number of Topliss-reactive ketones (excluding diaryl/α,β-unsaturated/α-hetero) is 1. The van der Waals surface area contributed by atoms with Gasteiger partial charge in [-0.15, -0.1) is 0 Å². The molecule has 1 aromatic rings. The predicted octanol–water partition coefficient (Wildman–Crippen LogP) is 2.03. The fourth-order valence-corrected chi connectivity index (χ4v) is 2.57. The molecule has 1 aliphatic rings. The van der Waals surface area contributed by atoms with E-state index in [2.05, 4.69) is 23.9 Å². The summed E-state index contributed by atoms with van der Waals surface area (Å²) >= 11 is 0. The van der Waals surface area contributed by atoms with Gasteiger partial charge in [0.05, 0.1) is 12.1 Å². The van der Waals surface area contributed by atoms with Crippen LogP contribution in [0.1, 0.15) is 23.2 Å². The van der Waals surface area contributed by atoms with Crippen LogP contribution in [-0.2, 0) is 0 Å². The number of piperidine rings is 1. The minimum atomic E-state index is -0.421. The van der Waals surface area contributed by atoms with Gasteiger partial charge in [-0.3, -0.25) is 9.69 Å². The molecule has 1 fully saturated rings. The van der Waals surface area contributed by atoms with Crippen molar-refractivity contribution in [3.8, 4) is 0 Å². The Labute approximate surface area is 114 Å². The van der Waals surface area contributed by atoms with E-state index in [-0.39, 0.29) is 11.3 Å². The van der Waals surface area contributed by atoms with Crippen LogP contribution in [0.2, 0.25) is 0 Å². The van der Waals surface area contributed by atoms with Gasteiger partial charge in [-0.1, -0.05) is 12.1 Å². The van der Waals surface area contributed by atoms with Crippen LogP contribution < -0.4 is 0 Å². The summed E-state index contributed by atoms with van der Waals surface area (Å²) in [6.07, 6.45) is 2.13. The van der Waals surface area contributed by atoms with Crippen molar-refractivity contribution < 1.29 is 9.18 Å². The van der Waals surface area contributed by atoms with Gasteiger partial charge in [-0.25, -0.2) is 4.39 Å². The minimum Gasteiger partial charge on any atom is -0.306 e. The summed E-state index contributed by atoms with van der Waals surface area (Å²) in [6.45, 7) is 2.13. The molecular weight excluding hydrogens is 243 g/mol. The number of rotatable bonds is 4. The van der Waals surface area contributed by atoms with Crippen molar-refractivity contribution in [2.75, 3.05) is 33.7 Å². The lowest BCUT2D eigenvalue weighted by Crippen LogP contribution is -2.43. The monoisotopic (exact) mass is 264 g/mol. The topological polar surface area (TPSA) is 23.6 Å². The van der Waals surface area contributed by atoms with Crippen LogP contribution in [0.4, 0.5) is 4.39 Å². The summed E-state index contributed by atoms with van der Waals surface area (Å²) in [5.74, 6) is -0.544. The average molecular weight is 264 g/mol. The maximum absolute atomic E-state index is 13.5. The van der Waals surface area contributed by atoms with E-state index in [0.717, 1.165) is 25.9 Å². The van der Waals surface area contributed by atoms with E-state index in [9.17, 15) is 9.18 Å². The van der Waals surface area contributed by atoms with Gasteiger partial charge in [-0.05, 0) is 39.1 Å². The molecule has 0 unspecified atom stereocenters. The van der Waals surface area contributed by atoms with Crippen molar-refractivity contribution in [2.45, 2.75) is 18.9 Å². The maximum atomic E-state index is 13.5. The normalized spacial score (nSPS) is 17.9. The number of carbonyl (C=O) groups is 1. The minimum absolute atomic E-state index is 0.124. The highest BCUT2D eigenvalue weighted by molar-refractivity contribution is 5.97. The highest BCUT2D eigenvalue weighted by atomic mass is 19.1. The van der Waals surface area contributed by atoms with Gasteiger partial charge in [0.25, 0.3) is 0 Å². The molecule has 0 bridgehead atoms. The van der Waals surface area contributed by atoms with Crippen molar-refractivity contribution >= 4 is 5.78 Å². The summed E-state index contributed by atoms with van der Waals surface area (Å²) in [7, 11) is 4.18. The summed E-state index contributed by atoms with van der Waals surface area (Å²) in [4.78, 5) is 16.4. The molecule has 0 saturated carbocycles. The number of likely N-dealkylation sites (tertiary alicyclic amines) is 1. The SMILES string of the molecule is CN(C)C1CCN(CC(=O)c2ccccc2F)CC1. The lowest BCUT2D eigenvalue weighted by atomic mass is 10.0. The third kappa shape index (κ3) is 3.61. The van der Waals surface area contributed by atoms with Gasteiger partial charge in [0.1, 0.15) is 5.82 Å². The van der Waals surface area contributed by atoms with Gasteiger partial charge in [0, 0.05) is 19.1 Å². The predicted molar refractivity (Wildman–Crippen MR) is 73.9 cm³/mol. The van der Waals surface area contributed by atoms with E-state index < -0.39 is 5.82 Å². The first-order chi connectivity index (χ1) is 9.08. The Morgan fingerprint density at radius 1 is 1.32 bits per heavy atom. The van der Waals surface area contributed by atoms with Crippen molar-refractivity contribution in [2.24, 2.45) is 0 Å². The number of ketones is 1. The fraction of sp³-hybridized carbons (Fsp3) is 0.533. The molecule has 1 aliphatic heterocycles. The molecular formula is C15H21FN2O. The number of nitrogens with zero attached hydrogens (tertiary/aromatic N) is 2. The van der Waals surface area contributed by atoms with Crippen LogP contribution in [0.25, 0.3) is 0 Å². The Hall–Kier alpha value is -1.26. The van der Waals surface area contributed by atoms with Crippen molar-refractivity contribution in [1.29, 1.82) is 0 Å². The second-order valence-electron chi connectivity index (χ2n) is 5.37. The highest BCUT2D eigenvalue weighted by Crippen LogP contribution is 2.15. The van der Waals surface area contributed by atoms with Gasteiger partial charge >= 0.3 is 0 Å². The molecule has 0 amide bonds. The molecule has 1 heterocycles. The first-order valence-corrected chi connectivity index (χ1v) is 6.74. The van der Waals surface area contributed by atoms with E-state index in [1.165, 1.54) is 6.07 Å².